The van der Waals surface area contributed by atoms with Gasteiger partial charge in [-0.05, 0) is 35.2 Å². The van der Waals surface area contributed by atoms with Crippen LogP contribution < -0.4 is 5.73 Å². The fraction of sp³-hybridized carbons (Fsp3) is 0.500. The zero-order chi connectivity index (χ0) is 13.9. The minimum Gasteiger partial charge on any atom is -0.383 e. The second-order valence-electron chi connectivity index (χ2n) is 5.40. The molecule has 0 bridgehead atoms. The molecule has 1 fully saturated rings. The first-order chi connectivity index (χ1) is 9.85. The number of rotatable bonds is 7. The third-order valence-corrected chi connectivity index (χ3v) is 5.04. The monoisotopic (exact) mass is 290 g/mol. The van der Waals surface area contributed by atoms with E-state index in [0.717, 1.165) is 13.2 Å². The highest BCUT2D eigenvalue weighted by Gasteiger charge is 2.34. The molecule has 1 aromatic heterocycles. The van der Waals surface area contributed by atoms with Crippen LogP contribution in [0.5, 0.6) is 0 Å². The molecule has 0 saturated heterocycles. The van der Waals surface area contributed by atoms with Crippen LogP contribution in [-0.2, 0) is 4.74 Å². The molecule has 0 aliphatic heterocycles. The Hall–Kier alpha value is -0.940. The first-order valence-corrected chi connectivity index (χ1v) is 8.14. The van der Waals surface area contributed by atoms with Crippen LogP contribution in [0.4, 0.5) is 0 Å². The highest BCUT2D eigenvalue weighted by molar-refractivity contribution is 7.17. The summed E-state index contributed by atoms with van der Waals surface area (Å²) in [4.78, 5) is 2.54. The fourth-order valence-corrected chi connectivity index (χ4v) is 3.90. The second-order valence-corrected chi connectivity index (χ2v) is 6.31. The molecular formula is C16H22N2OS. The van der Waals surface area contributed by atoms with Gasteiger partial charge in [0.05, 0.1) is 6.61 Å². The number of nitrogens with two attached hydrogens (primary N) is 1. The molecule has 4 heteroatoms. The molecular weight excluding hydrogens is 268 g/mol. The van der Waals surface area contributed by atoms with Crippen LogP contribution in [-0.4, -0.2) is 37.7 Å². The van der Waals surface area contributed by atoms with Gasteiger partial charge < -0.3 is 10.5 Å². The van der Waals surface area contributed by atoms with Crippen molar-refractivity contribution in [1.82, 2.24) is 4.90 Å². The van der Waals surface area contributed by atoms with Gasteiger partial charge in [-0.3, -0.25) is 4.90 Å². The smallest absolute Gasteiger partial charge is 0.0590 e. The summed E-state index contributed by atoms with van der Waals surface area (Å²) < 4.78 is 6.62. The molecule has 3 rings (SSSR count). The molecule has 1 atom stereocenters. The first kappa shape index (κ1) is 14.0. The maximum absolute atomic E-state index is 6.12. The molecule has 1 saturated carbocycles. The van der Waals surface area contributed by atoms with E-state index in [9.17, 15) is 0 Å². The van der Waals surface area contributed by atoms with Gasteiger partial charge in [0.25, 0.3) is 0 Å². The van der Waals surface area contributed by atoms with Gasteiger partial charge in [-0.15, -0.1) is 11.3 Å². The van der Waals surface area contributed by atoms with Gasteiger partial charge in [-0.25, -0.2) is 0 Å². The standard InChI is InChI=1S/C16H22N2OS/c1-19-9-8-18(12-6-7-12)15(10-17)14-11-20-16-5-3-2-4-13(14)16/h2-5,11-12,15H,6-10,17H2,1H3. The van der Waals surface area contributed by atoms with Gasteiger partial charge in [0.2, 0.25) is 0 Å². The summed E-state index contributed by atoms with van der Waals surface area (Å²) >= 11 is 1.82. The number of nitrogens with zero attached hydrogens (tertiary/aromatic N) is 1. The van der Waals surface area contributed by atoms with Crippen molar-refractivity contribution in [3.63, 3.8) is 0 Å². The molecule has 2 N–H and O–H groups in total. The van der Waals surface area contributed by atoms with Gasteiger partial charge >= 0.3 is 0 Å². The van der Waals surface area contributed by atoms with E-state index in [1.165, 1.54) is 28.5 Å². The number of benzene rings is 1. The molecule has 20 heavy (non-hydrogen) atoms. The van der Waals surface area contributed by atoms with E-state index >= 15 is 0 Å². The van der Waals surface area contributed by atoms with E-state index < -0.39 is 0 Å². The molecule has 2 aromatic rings. The third-order valence-electron chi connectivity index (χ3n) is 4.06. The lowest BCUT2D eigenvalue weighted by Crippen LogP contribution is -2.37. The zero-order valence-corrected chi connectivity index (χ0v) is 12.7. The molecule has 0 spiro atoms. The molecule has 1 aliphatic rings. The van der Waals surface area contributed by atoms with Crippen LogP contribution in [0.3, 0.4) is 0 Å². The van der Waals surface area contributed by atoms with E-state index in [0.29, 0.717) is 18.6 Å². The lowest BCUT2D eigenvalue weighted by Gasteiger charge is -2.30. The van der Waals surface area contributed by atoms with E-state index in [2.05, 4.69) is 34.5 Å². The Bertz CT molecular complexity index is 564. The molecule has 3 nitrogen and oxygen atoms in total. The predicted molar refractivity (Wildman–Crippen MR) is 85.2 cm³/mol. The Kier molecular flexibility index (Phi) is 4.36. The topological polar surface area (TPSA) is 38.5 Å². The molecule has 108 valence electrons. The quantitative estimate of drug-likeness (QED) is 0.852. The van der Waals surface area contributed by atoms with E-state index in [1.807, 2.05) is 11.3 Å². The van der Waals surface area contributed by atoms with Crippen LogP contribution in [0.25, 0.3) is 10.1 Å². The highest BCUT2D eigenvalue weighted by atomic mass is 32.1. The lowest BCUT2D eigenvalue weighted by molar-refractivity contribution is 0.116. The third kappa shape index (κ3) is 2.74. The average molecular weight is 290 g/mol. The summed E-state index contributed by atoms with van der Waals surface area (Å²) in [6.07, 6.45) is 2.59. The van der Waals surface area contributed by atoms with Crippen LogP contribution in [0.15, 0.2) is 29.6 Å². The number of thiophene rings is 1. The maximum atomic E-state index is 6.12. The Morgan fingerprint density at radius 2 is 2.20 bits per heavy atom. The van der Waals surface area contributed by atoms with Crippen molar-refractivity contribution in [2.75, 3.05) is 26.8 Å². The highest BCUT2D eigenvalue weighted by Crippen LogP contribution is 2.38. The van der Waals surface area contributed by atoms with Crippen LogP contribution in [0.2, 0.25) is 0 Å². The van der Waals surface area contributed by atoms with Crippen molar-refractivity contribution in [3.8, 4) is 0 Å². The Morgan fingerprint density at radius 3 is 2.90 bits per heavy atom. The minimum atomic E-state index is 0.314. The predicted octanol–water partition coefficient (Wildman–Crippen LogP) is 3.01. The average Bonchev–Trinajstić information content (AvgIpc) is 3.24. The van der Waals surface area contributed by atoms with Crippen molar-refractivity contribution >= 4 is 21.4 Å². The van der Waals surface area contributed by atoms with Gasteiger partial charge in [-0.2, -0.15) is 0 Å². The lowest BCUT2D eigenvalue weighted by atomic mass is 10.0. The summed E-state index contributed by atoms with van der Waals surface area (Å²) in [5, 5.41) is 3.64. The van der Waals surface area contributed by atoms with Gasteiger partial charge in [0.1, 0.15) is 0 Å². The van der Waals surface area contributed by atoms with Crippen molar-refractivity contribution < 1.29 is 4.74 Å². The van der Waals surface area contributed by atoms with Crippen LogP contribution >= 0.6 is 11.3 Å². The molecule has 1 aliphatic carbocycles. The van der Waals surface area contributed by atoms with Gasteiger partial charge in [0, 0.05) is 37.0 Å². The zero-order valence-electron chi connectivity index (χ0n) is 11.9. The largest absolute Gasteiger partial charge is 0.383 e. The van der Waals surface area contributed by atoms with E-state index in [-0.39, 0.29) is 0 Å². The van der Waals surface area contributed by atoms with Gasteiger partial charge in [-0.1, -0.05) is 18.2 Å². The second kappa shape index (κ2) is 6.22. The molecule has 1 aromatic carbocycles. The maximum Gasteiger partial charge on any atom is 0.0590 e. The van der Waals surface area contributed by atoms with Crippen molar-refractivity contribution in [3.05, 3.63) is 35.2 Å². The summed E-state index contributed by atoms with van der Waals surface area (Å²) in [6.45, 7) is 2.41. The Balaban J connectivity index is 1.91. The normalized spacial score (nSPS) is 16.9. The number of methoxy groups -OCH3 is 1. The van der Waals surface area contributed by atoms with Crippen LogP contribution in [0.1, 0.15) is 24.4 Å². The number of hydrogen-bond acceptors (Lipinski definition) is 4. The SMILES string of the molecule is COCCN(C1CC1)C(CN)c1csc2ccccc12. The summed E-state index contributed by atoms with van der Waals surface area (Å²) in [5.41, 5.74) is 7.50. The molecule has 0 radical (unpaired) electrons. The molecule has 1 heterocycles. The fourth-order valence-electron chi connectivity index (χ4n) is 2.89. The first-order valence-electron chi connectivity index (χ1n) is 7.26. The summed E-state index contributed by atoms with van der Waals surface area (Å²) in [5.74, 6) is 0. The Morgan fingerprint density at radius 1 is 1.40 bits per heavy atom. The summed E-state index contributed by atoms with van der Waals surface area (Å²) in [7, 11) is 1.77. The number of hydrogen-bond donors (Lipinski definition) is 1. The van der Waals surface area contributed by atoms with E-state index in [1.54, 1.807) is 7.11 Å². The van der Waals surface area contributed by atoms with Crippen LogP contribution in [0, 0.1) is 0 Å². The number of ether oxygens (including phenoxy) is 1. The van der Waals surface area contributed by atoms with E-state index in [4.69, 9.17) is 10.5 Å². The summed E-state index contributed by atoms with van der Waals surface area (Å²) in [6, 6.07) is 9.62. The molecule has 1 unspecified atom stereocenters. The van der Waals surface area contributed by atoms with Crippen molar-refractivity contribution in [2.24, 2.45) is 5.73 Å². The molecule has 0 amide bonds. The minimum absolute atomic E-state index is 0.314. The van der Waals surface area contributed by atoms with Crippen molar-refractivity contribution in [2.45, 2.75) is 24.9 Å². The van der Waals surface area contributed by atoms with Gasteiger partial charge in [0.15, 0.2) is 0 Å². The van der Waals surface area contributed by atoms with Crippen molar-refractivity contribution in [1.29, 1.82) is 0 Å². The Labute approximate surface area is 124 Å². The number of fused-ring (bicyclic) bond motifs is 1.